The first-order valence-electron chi connectivity index (χ1n) is 7.33. The lowest BCUT2D eigenvalue weighted by Gasteiger charge is -2.42. The largest absolute Gasteiger partial charge is 0.534 e. The molecule has 0 aromatic heterocycles. The molecule has 1 aromatic rings. The number of hydrogen-bond donors (Lipinski definition) is 1. The van der Waals surface area contributed by atoms with E-state index in [1.165, 1.54) is 12.1 Å². The predicted molar refractivity (Wildman–Crippen MR) is 80.5 cm³/mol. The van der Waals surface area contributed by atoms with Gasteiger partial charge in [0, 0.05) is 0 Å². The summed E-state index contributed by atoms with van der Waals surface area (Å²) in [7, 11) is -5.76. The number of fused-ring (bicyclic) bond motifs is 2. The van der Waals surface area contributed by atoms with Crippen molar-refractivity contribution in [2.45, 2.75) is 30.4 Å². The van der Waals surface area contributed by atoms with Gasteiger partial charge in [-0.25, -0.2) is 0 Å². The first-order valence-corrected chi connectivity index (χ1v) is 9.12. The zero-order chi connectivity index (χ0) is 17.6. The Morgan fingerprint density at radius 2 is 1.92 bits per heavy atom. The van der Waals surface area contributed by atoms with E-state index >= 15 is 0 Å². The molecule has 2 aliphatic rings. The molecule has 134 valence electrons. The molecule has 10 heteroatoms. The van der Waals surface area contributed by atoms with Crippen LogP contribution in [-0.4, -0.2) is 33.6 Å². The van der Waals surface area contributed by atoms with Gasteiger partial charge in [-0.1, -0.05) is 11.6 Å². The summed E-state index contributed by atoms with van der Waals surface area (Å²) >= 11 is 5.99. The Morgan fingerprint density at radius 1 is 1.25 bits per heavy atom. The van der Waals surface area contributed by atoms with Gasteiger partial charge >= 0.3 is 15.6 Å². The van der Waals surface area contributed by atoms with E-state index in [2.05, 4.69) is 9.50 Å². The van der Waals surface area contributed by atoms with Gasteiger partial charge in [-0.3, -0.25) is 0 Å². The van der Waals surface area contributed by atoms with Gasteiger partial charge in [-0.05, 0) is 55.6 Å². The second-order valence-corrected chi connectivity index (χ2v) is 7.71. The average Bonchev–Trinajstić information content (AvgIpc) is 2.49. The molecule has 1 N–H and O–H groups in total. The molecule has 3 rings (SSSR count). The van der Waals surface area contributed by atoms with Gasteiger partial charge < -0.3 is 14.2 Å². The fourth-order valence-corrected chi connectivity index (χ4v) is 3.85. The zero-order valence-electron chi connectivity index (χ0n) is 12.5. The van der Waals surface area contributed by atoms with Crippen molar-refractivity contribution in [2.75, 3.05) is 19.7 Å². The number of rotatable bonds is 2. The van der Waals surface area contributed by atoms with E-state index in [0.29, 0.717) is 31.4 Å². The van der Waals surface area contributed by atoms with Crippen molar-refractivity contribution in [3.63, 3.8) is 0 Å². The Bertz CT molecular complexity index is 745. The molecular formula is C14H15ClF3NO4S. The maximum atomic E-state index is 12.5. The van der Waals surface area contributed by atoms with Crippen LogP contribution in [0, 0.1) is 0 Å². The third-order valence-electron chi connectivity index (χ3n) is 4.29. The Kier molecular flexibility index (Phi) is 4.48. The van der Waals surface area contributed by atoms with E-state index in [1.807, 2.05) is 0 Å². The van der Waals surface area contributed by atoms with Crippen LogP contribution in [0.4, 0.5) is 13.2 Å². The van der Waals surface area contributed by atoms with Crippen LogP contribution in [0.5, 0.6) is 5.75 Å². The Morgan fingerprint density at radius 3 is 2.54 bits per heavy atom. The molecule has 0 unspecified atom stereocenters. The lowest BCUT2D eigenvalue weighted by molar-refractivity contribution is -0.0802. The number of nitrogens with one attached hydrogen (secondary N) is 1. The monoisotopic (exact) mass is 385 g/mol. The minimum atomic E-state index is -5.76. The van der Waals surface area contributed by atoms with Crippen molar-refractivity contribution < 1.29 is 30.5 Å². The molecule has 0 aliphatic carbocycles. The van der Waals surface area contributed by atoms with Gasteiger partial charge in [-0.15, -0.1) is 0 Å². The number of piperidine rings is 1. The first-order chi connectivity index (χ1) is 11.1. The van der Waals surface area contributed by atoms with Crippen LogP contribution in [0.1, 0.15) is 24.0 Å². The van der Waals surface area contributed by atoms with Gasteiger partial charge in [-0.2, -0.15) is 21.6 Å². The first kappa shape index (κ1) is 17.8. The molecule has 0 saturated carbocycles. The Hall–Kier alpha value is -1.03. The zero-order valence-corrected chi connectivity index (χ0v) is 14.0. The molecule has 0 bridgehead atoms. The molecule has 0 atom stereocenters. The van der Waals surface area contributed by atoms with Gasteiger partial charge in [0.05, 0.1) is 17.2 Å². The second-order valence-electron chi connectivity index (χ2n) is 5.77. The topological polar surface area (TPSA) is 64.6 Å². The van der Waals surface area contributed by atoms with Crippen LogP contribution in [-0.2, 0) is 26.9 Å². The van der Waals surface area contributed by atoms with Crippen molar-refractivity contribution >= 4 is 21.7 Å². The summed E-state index contributed by atoms with van der Waals surface area (Å²) < 4.78 is 70.0. The number of hydrogen-bond acceptors (Lipinski definition) is 5. The van der Waals surface area contributed by atoms with Crippen LogP contribution in [0.2, 0.25) is 5.02 Å². The maximum absolute atomic E-state index is 12.5. The smallest absolute Gasteiger partial charge is 0.374 e. The van der Waals surface area contributed by atoms with Crippen LogP contribution in [0.3, 0.4) is 0 Å². The van der Waals surface area contributed by atoms with Crippen molar-refractivity contribution in [3.8, 4) is 5.75 Å². The lowest BCUT2D eigenvalue weighted by Crippen LogP contribution is -2.44. The number of alkyl halides is 3. The molecule has 0 amide bonds. The van der Waals surface area contributed by atoms with Gasteiger partial charge in [0.1, 0.15) is 0 Å². The molecule has 1 saturated heterocycles. The fraction of sp³-hybridized carbons (Fsp3) is 0.571. The highest BCUT2D eigenvalue weighted by molar-refractivity contribution is 7.88. The van der Waals surface area contributed by atoms with E-state index in [1.54, 1.807) is 0 Å². The molecule has 1 fully saturated rings. The summed E-state index contributed by atoms with van der Waals surface area (Å²) in [4.78, 5) is 0. The van der Waals surface area contributed by atoms with Crippen LogP contribution in [0.25, 0.3) is 0 Å². The fourth-order valence-electron chi connectivity index (χ4n) is 3.13. The summed E-state index contributed by atoms with van der Waals surface area (Å²) in [5, 5.41) is 3.03. The summed E-state index contributed by atoms with van der Waals surface area (Å²) in [6.45, 7) is 1.90. The number of benzene rings is 1. The molecule has 2 heterocycles. The molecule has 1 aromatic carbocycles. The predicted octanol–water partition coefficient (Wildman–Crippen LogP) is 2.72. The molecule has 24 heavy (non-hydrogen) atoms. The van der Waals surface area contributed by atoms with Crippen molar-refractivity contribution in [2.24, 2.45) is 0 Å². The summed E-state index contributed by atoms with van der Waals surface area (Å²) in [6, 6.07) is 2.73. The molecule has 2 aliphatic heterocycles. The Balaban J connectivity index is 1.99. The summed E-state index contributed by atoms with van der Waals surface area (Å²) in [6.07, 6.45) is 1.86. The number of halogens is 4. The molecular weight excluding hydrogens is 371 g/mol. The third kappa shape index (κ3) is 3.10. The van der Waals surface area contributed by atoms with E-state index in [9.17, 15) is 21.6 Å². The van der Waals surface area contributed by atoms with Gasteiger partial charge in [0.15, 0.2) is 5.75 Å². The summed E-state index contributed by atoms with van der Waals surface area (Å²) in [5.41, 5.74) is -4.56. The van der Waals surface area contributed by atoms with Gasteiger partial charge in [0.25, 0.3) is 0 Å². The standard InChI is InChI=1S/C14H15ClF3NO4S/c15-11-8-10-9(1-6-22-13(10)2-4-19-5-3-13)7-12(11)23-24(20,21)14(16,17)18/h7-8,19H,1-6H2. The molecule has 5 nitrogen and oxygen atoms in total. The summed E-state index contributed by atoms with van der Waals surface area (Å²) in [5.74, 6) is -0.515. The lowest BCUT2D eigenvalue weighted by atomic mass is 9.80. The molecule has 1 spiro atoms. The minimum Gasteiger partial charge on any atom is -0.374 e. The van der Waals surface area contributed by atoms with E-state index in [-0.39, 0.29) is 5.02 Å². The third-order valence-corrected chi connectivity index (χ3v) is 5.55. The van der Waals surface area contributed by atoms with Crippen LogP contribution < -0.4 is 9.50 Å². The highest BCUT2D eigenvalue weighted by Gasteiger charge is 2.49. The number of ether oxygens (including phenoxy) is 1. The maximum Gasteiger partial charge on any atom is 0.534 e. The SMILES string of the molecule is O=S(=O)(Oc1cc2c(cc1Cl)C1(CCNCC1)OCC2)C(F)(F)F. The molecule has 0 radical (unpaired) electrons. The minimum absolute atomic E-state index is 0.190. The van der Waals surface area contributed by atoms with E-state index < -0.39 is 27.0 Å². The second kappa shape index (κ2) is 6.05. The highest BCUT2D eigenvalue weighted by atomic mass is 35.5. The van der Waals surface area contributed by atoms with E-state index in [0.717, 1.165) is 18.7 Å². The van der Waals surface area contributed by atoms with Crippen LogP contribution >= 0.6 is 11.6 Å². The highest BCUT2D eigenvalue weighted by Crippen LogP contribution is 2.44. The quantitative estimate of drug-likeness (QED) is 0.626. The van der Waals surface area contributed by atoms with Crippen LogP contribution in [0.15, 0.2) is 12.1 Å². The van der Waals surface area contributed by atoms with Crippen molar-refractivity contribution in [3.05, 3.63) is 28.3 Å². The van der Waals surface area contributed by atoms with Gasteiger partial charge in [0.2, 0.25) is 0 Å². The van der Waals surface area contributed by atoms with Crippen molar-refractivity contribution in [1.29, 1.82) is 0 Å². The normalized spacial score (nSPS) is 20.7. The van der Waals surface area contributed by atoms with Crippen molar-refractivity contribution in [1.82, 2.24) is 5.32 Å². The van der Waals surface area contributed by atoms with E-state index in [4.69, 9.17) is 16.3 Å². The average molecular weight is 386 g/mol. The Labute approximate surface area is 142 Å².